The number of aryl methyl sites for hydroxylation is 1. The maximum absolute atomic E-state index is 12.4. The first-order valence-corrected chi connectivity index (χ1v) is 10.1. The number of rotatable bonds is 9. The summed E-state index contributed by atoms with van der Waals surface area (Å²) < 4.78 is 5.43. The number of hydrogen-bond donors (Lipinski definition) is 2. The predicted molar refractivity (Wildman–Crippen MR) is 113 cm³/mol. The van der Waals surface area contributed by atoms with Gasteiger partial charge in [-0.3, -0.25) is 14.5 Å². The fourth-order valence-corrected chi connectivity index (χ4v) is 3.64. The Morgan fingerprint density at radius 3 is 2.72 bits per heavy atom. The Bertz CT molecular complexity index is 810. The van der Waals surface area contributed by atoms with Gasteiger partial charge in [-0.1, -0.05) is 48.5 Å². The van der Waals surface area contributed by atoms with Crippen molar-refractivity contribution in [3.8, 4) is 5.75 Å². The first-order valence-electron chi connectivity index (χ1n) is 10.1. The SMILES string of the molecule is COc1ccccc1CN1CCNC(=O)C1CC(=O)NCCCc1ccccc1. The van der Waals surface area contributed by atoms with Crippen LogP contribution in [0.2, 0.25) is 0 Å². The topological polar surface area (TPSA) is 70.7 Å². The van der Waals surface area contributed by atoms with Crippen molar-refractivity contribution < 1.29 is 14.3 Å². The smallest absolute Gasteiger partial charge is 0.237 e. The highest BCUT2D eigenvalue weighted by Crippen LogP contribution is 2.22. The summed E-state index contributed by atoms with van der Waals surface area (Å²) in [6, 6.07) is 17.5. The minimum absolute atomic E-state index is 0.0921. The first kappa shape index (κ1) is 20.9. The standard InChI is InChI=1S/C23H29N3O3/c1-29-21-12-6-5-11-19(21)17-26-15-14-25-23(28)20(26)16-22(27)24-13-7-10-18-8-3-2-4-9-18/h2-6,8-9,11-12,20H,7,10,13-17H2,1H3,(H,24,27)(H,25,28). The molecule has 2 N–H and O–H groups in total. The molecule has 6 nitrogen and oxygen atoms in total. The number of amides is 2. The van der Waals surface area contributed by atoms with Gasteiger partial charge in [-0.2, -0.15) is 0 Å². The fourth-order valence-electron chi connectivity index (χ4n) is 3.64. The lowest BCUT2D eigenvalue weighted by atomic mass is 10.1. The number of nitrogens with one attached hydrogen (secondary N) is 2. The Kier molecular flexibility index (Phi) is 7.64. The zero-order valence-electron chi connectivity index (χ0n) is 16.9. The van der Waals surface area contributed by atoms with Crippen LogP contribution in [0.3, 0.4) is 0 Å². The van der Waals surface area contributed by atoms with Gasteiger partial charge in [0, 0.05) is 31.7 Å². The quantitative estimate of drug-likeness (QED) is 0.638. The second kappa shape index (κ2) is 10.6. The molecule has 2 amide bonds. The summed E-state index contributed by atoms with van der Waals surface area (Å²) in [5.74, 6) is 0.610. The van der Waals surface area contributed by atoms with Crippen molar-refractivity contribution >= 4 is 11.8 Å². The van der Waals surface area contributed by atoms with Crippen LogP contribution in [0.5, 0.6) is 5.75 Å². The number of carbonyl (C=O) groups excluding carboxylic acids is 2. The fraction of sp³-hybridized carbons (Fsp3) is 0.391. The Labute approximate surface area is 172 Å². The molecule has 29 heavy (non-hydrogen) atoms. The predicted octanol–water partition coefficient (Wildman–Crippen LogP) is 2.13. The van der Waals surface area contributed by atoms with E-state index in [-0.39, 0.29) is 18.2 Å². The minimum Gasteiger partial charge on any atom is -0.496 e. The van der Waals surface area contributed by atoms with Crippen LogP contribution in [-0.2, 0) is 22.6 Å². The molecule has 154 valence electrons. The van der Waals surface area contributed by atoms with Gasteiger partial charge >= 0.3 is 0 Å². The van der Waals surface area contributed by atoms with Crippen LogP contribution in [-0.4, -0.2) is 49.5 Å². The van der Waals surface area contributed by atoms with E-state index in [9.17, 15) is 9.59 Å². The lowest BCUT2D eigenvalue weighted by Crippen LogP contribution is -2.56. The molecule has 1 aliphatic heterocycles. The van der Waals surface area contributed by atoms with E-state index in [1.54, 1.807) is 7.11 Å². The first-order chi connectivity index (χ1) is 14.2. The van der Waals surface area contributed by atoms with Gasteiger partial charge in [0.1, 0.15) is 5.75 Å². The van der Waals surface area contributed by atoms with E-state index < -0.39 is 6.04 Å². The molecule has 6 heteroatoms. The lowest BCUT2D eigenvalue weighted by molar-refractivity contribution is -0.134. The minimum atomic E-state index is -0.470. The number of methoxy groups -OCH3 is 1. The van der Waals surface area contributed by atoms with Crippen LogP contribution in [0.25, 0.3) is 0 Å². The Morgan fingerprint density at radius 1 is 1.17 bits per heavy atom. The van der Waals surface area contributed by atoms with Gasteiger partial charge in [0.05, 0.1) is 19.6 Å². The second-order valence-corrected chi connectivity index (χ2v) is 7.23. The average molecular weight is 396 g/mol. The molecular formula is C23H29N3O3. The average Bonchev–Trinajstić information content (AvgIpc) is 2.75. The molecule has 1 fully saturated rings. The van der Waals surface area contributed by atoms with E-state index in [1.807, 2.05) is 42.5 Å². The van der Waals surface area contributed by atoms with Crippen LogP contribution in [0.1, 0.15) is 24.0 Å². The molecule has 1 unspecified atom stereocenters. The zero-order valence-corrected chi connectivity index (χ0v) is 16.9. The largest absolute Gasteiger partial charge is 0.496 e. The van der Waals surface area contributed by atoms with Crippen molar-refractivity contribution in [2.45, 2.75) is 31.8 Å². The number of nitrogens with zero attached hydrogens (tertiary/aromatic N) is 1. The molecule has 1 saturated heterocycles. The van der Waals surface area contributed by atoms with Crippen LogP contribution in [0.15, 0.2) is 54.6 Å². The normalized spacial score (nSPS) is 16.9. The molecule has 2 aromatic rings. The van der Waals surface area contributed by atoms with Crippen molar-refractivity contribution in [3.05, 3.63) is 65.7 Å². The molecule has 2 aromatic carbocycles. The van der Waals surface area contributed by atoms with E-state index in [0.717, 1.165) is 24.2 Å². The third-order valence-electron chi connectivity index (χ3n) is 5.19. The highest BCUT2D eigenvalue weighted by atomic mass is 16.5. The molecule has 0 saturated carbocycles. The molecule has 1 aliphatic rings. The second-order valence-electron chi connectivity index (χ2n) is 7.23. The monoisotopic (exact) mass is 395 g/mol. The molecule has 0 bridgehead atoms. The molecule has 0 aliphatic carbocycles. The molecule has 0 spiro atoms. The van der Waals surface area contributed by atoms with Crippen molar-refractivity contribution in [1.82, 2.24) is 15.5 Å². The van der Waals surface area contributed by atoms with Gasteiger partial charge < -0.3 is 15.4 Å². The van der Waals surface area contributed by atoms with Crippen LogP contribution >= 0.6 is 0 Å². The van der Waals surface area contributed by atoms with Crippen LogP contribution < -0.4 is 15.4 Å². The summed E-state index contributed by atoms with van der Waals surface area (Å²) in [6.45, 7) is 2.47. The molecule has 0 radical (unpaired) electrons. The summed E-state index contributed by atoms with van der Waals surface area (Å²) in [6.07, 6.45) is 1.95. The summed E-state index contributed by atoms with van der Waals surface area (Å²) in [5, 5.41) is 5.84. The molecule has 0 aromatic heterocycles. The van der Waals surface area contributed by atoms with Gasteiger partial charge in [0.25, 0.3) is 0 Å². The van der Waals surface area contributed by atoms with Gasteiger partial charge in [-0.15, -0.1) is 0 Å². The third kappa shape index (κ3) is 6.06. The summed E-state index contributed by atoms with van der Waals surface area (Å²) in [7, 11) is 1.64. The van der Waals surface area contributed by atoms with Crippen molar-refractivity contribution in [3.63, 3.8) is 0 Å². The van der Waals surface area contributed by atoms with Gasteiger partial charge in [0.15, 0.2) is 0 Å². The highest BCUT2D eigenvalue weighted by Gasteiger charge is 2.31. The highest BCUT2D eigenvalue weighted by molar-refractivity contribution is 5.88. The Hall–Kier alpha value is -2.86. The lowest BCUT2D eigenvalue weighted by Gasteiger charge is -2.35. The van der Waals surface area contributed by atoms with E-state index in [2.05, 4.69) is 27.7 Å². The van der Waals surface area contributed by atoms with Crippen molar-refractivity contribution in [2.24, 2.45) is 0 Å². The van der Waals surface area contributed by atoms with Gasteiger partial charge in [0.2, 0.25) is 11.8 Å². The molecular weight excluding hydrogens is 366 g/mol. The van der Waals surface area contributed by atoms with Gasteiger partial charge in [-0.25, -0.2) is 0 Å². The molecule has 1 atom stereocenters. The number of para-hydroxylation sites is 1. The Balaban J connectivity index is 1.52. The third-order valence-corrected chi connectivity index (χ3v) is 5.19. The molecule has 1 heterocycles. The maximum atomic E-state index is 12.4. The number of carbonyl (C=O) groups is 2. The summed E-state index contributed by atoms with van der Waals surface area (Å²) in [5.41, 5.74) is 2.27. The van der Waals surface area contributed by atoms with E-state index in [4.69, 9.17) is 4.74 Å². The summed E-state index contributed by atoms with van der Waals surface area (Å²) in [4.78, 5) is 26.9. The van der Waals surface area contributed by atoms with Crippen LogP contribution in [0.4, 0.5) is 0 Å². The number of hydrogen-bond acceptors (Lipinski definition) is 4. The van der Waals surface area contributed by atoms with Gasteiger partial charge in [-0.05, 0) is 24.5 Å². The van der Waals surface area contributed by atoms with Crippen molar-refractivity contribution in [2.75, 3.05) is 26.7 Å². The number of ether oxygens (including phenoxy) is 1. The number of piperazine rings is 1. The van der Waals surface area contributed by atoms with Crippen LogP contribution in [0, 0.1) is 0 Å². The van der Waals surface area contributed by atoms with E-state index >= 15 is 0 Å². The maximum Gasteiger partial charge on any atom is 0.237 e. The summed E-state index contributed by atoms with van der Waals surface area (Å²) >= 11 is 0. The Morgan fingerprint density at radius 2 is 1.93 bits per heavy atom. The zero-order chi connectivity index (χ0) is 20.5. The number of benzene rings is 2. The van der Waals surface area contributed by atoms with Crippen molar-refractivity contribution in [1.29, 1.82) is 0 Å². The van der Waals surface area contributed by atoms with E-state index in [1.165, 1.54) is 5.56 Å². The molecule has 3 rings (SSSR count). The van der Waals surface area contributed by atoms with E-state index in [0.29, 0.717) is 26.2 Å².